The predicted octanol–water partition coefficient (Wildman–Crippen LogP) is 1.72. The lowest BCUT2D eigenvalue weighted by Gasteiger charge is -2.08. The number of hydrogen-bond acceptors (Lipinski definition) is 3. The minimum Gasteiger partial charge on any atom is -0.490 e. The smallest absolute Gasteiger partial charge is 0.150 e. The number of benzene rings is 1. The van der Waals surface area contributed by atoms with Gasteiger partial charge in [0.2, 0.25) is 0 Å². The lowest BCUT2D eigenvalue weighted by atomic mass is 10.1. The average Bonchev–Trinajstić information content (AvgIpc) is 2.54. The van der Waals surface area contributed by atoms with Crippen molar-refractivity contribution in [3.63, 3.8) is 0 Å². The van der Waals surface area contributed by atoms with Gasteiger partial charge in [-0.25, -0.2) is 0 Å². The fraction of sp³-hybridized carbons (Fsp3) is 0.250. The summed E-state index contributed by atoms with van der Waals surface area (Å²) in [5, 5.41) is 4.45. The number of nitrogens with one attached hydrogen (secondary N) is 1. The Balaban J connectivity index is 2.27. The number of rotatable bonds is 0. The van der Waals surface area contributed by atoms with Crippen LogP contribution in [0.2, 0.25) is 0 Å². The van der Waals surface area contributed by atoms with E-state index in [1.165, 1.54) is 5.56 Å². The summed E-state index contributed by atoms with van der Waals surface area (Å²) in [7, 11) is 0. The Bertz CT molecular complexity index is 496. The summed E-state index contributed by atoms with van der Waals surface area (Å²) in [5.74, 6) is 0.943. The van der Waals surface area contributed by atoms with Gasteiger partial charge in [-0.3, -0.25) is 4.98 Å². The van der Waals surface area contributed by atoms with Crippen molar-refractivity contribution in [1.82, 2.24) is 10.3 Å². The monoisotopic (exact) mass is 200 g/mol. The molecule has 0 unspecified atom stereocenters. The third-order valence-corrected chi connectivity index (χ3v) is 2.65. The van der Waals surface area contributed by atoms with Crippen LogP contribution in [0.3, 0.4) is 0 Å². The Morgan fingerprint density at radius 2 is 2.27 bits per heavy atom. The van der Waals surface area contributed by atoms with E-state index in [4.69, 9.17) is 4.74 Å². The molecule has 3 nitrogen and oxygen atoms in total. The summed E-state index contributed by atoms with van der Waals surface area (Å²) in [6, 6.07) is 8.21. The molecule has 0 amide bonds. The van der Waals surface area contributed by atoms with Crippen LogP contribution in [-0.4, -0.2) is 18.1 Å². The van der Waals surface area contributed by atoms with Gasteiger partial charge in [0.05, 0.1) is 0 Å². The lowest BCUT2D eigenvalue weighted by molar-refractivity contribution is 0.329. The second-order valence-corrected chi connectivity index (χ2v) is 3.65. The SMILES string of the molecule is c1cnc2c3c(ccc2c1)CNCCO3. The van der Waals surface area contributed by atoms with Crippen LogP contribution >= 0.6 is 0 Å². The highest BCUT2D eigenvalue weighted by atomic mass is 16.5. The number of nitrogens with zero attached hydrogens (tertiary/aromatic N) is 1. The van der Waals surface area contributed by atoms with Crippen molar-refractivity contribution in [1.29, 1.82) is 0 Å². The maximum Gasteiger partial charge on any atom is 0.150 e. The number of hydrogen-bond donors (Lipinski definition) is 1. The normalized spacial score (nSPS) is 15.5. The second-order valence-electron chi connectivity index (χ2n) is 3.65. The molecule has 3 rings (SSSR count). The van der Waals surface area contributed by atoms with Gasteiger partial charge in [0.25, 0.3) is 0 Å². The Morgan fingerprint density at radius 1 is 1.27 bits per heavy atom. The molecule has 0 atom stereocenters. The molecule has 2 heterocycles. The van der Waals surface area contributed by atoms with E-state index in [2.05, 4.69) is 28.5 Å². The Labute approximate surface area is 88.1 Å². The van der Waals surface area contributed by atoms with Crippen molar-refractivity contribution in [2.24, 2.45) is 0 Å². The first-order chi connectivity index (χ1) is 7.45. The summed E-state index contributed by atoms with van der Waals surface area (Å²) >= 11 is 0. The van der Waals surface area contributed by atoms with Crippen LogP contribution in [-0.2, 0) is 6.54 Å². The molecule has 0 saturated heterocycles. The van der Waals surface area contributed by atoms with Crippen LogP contribution in [0.15, 0.2) is 30.5 Å². The van der Waals surface area contributed by atoms with Gasteiger partial charge in [0.15, 0.2) is 0 Å². The largest absolute Gasteiger partial charge is 0.490 e. The van der Waals surface area contributed by atoms with Crippen molar-refractivity contribution in [2.75, 3.05) is 13.2 Å². The number of ether oxygens (including phenoxy) is 1. The topological polar surface area (TPSA) is 34.2 Å². The van der Waals surface area contributed by atoms with Gasteiger partial charge in [-0.2, -0.15) is 0 Å². The van der Waals surface area contributed by atoms with Crippen LogP contribution in [0.25, 0.3) is 10.9 Å². The van der Waals surface area contributed by atoms with E-state index in [1.54, 1.807) is 0 Å². The zero-order valence-corrected chi connectivity index (χ0v) is 8.36. The Kier molecular flexibility index (Phi) is 2.03. The fourth-order valence-corrected chi connectivity index (χ4v) is 1.91. The molecule has 1 aliphatic heterocycles. The highest BCUT2D eigenvalue weighted by Gasteiger charge is 2.12. The summed E-state index contributed by atoms with van der Waals surface area (Å²) < 4.78 is 5.74. The van der Waals surface area contributed by atoms with Gasteiger partial charge < -0.3 is 10.1 Å². The molecule has 0 aliphatic carbocycles. The van der Waals surface area contributed by atoms with Crippen LogP contribution < -0.4 is 10.1 Å². The van der Waals surface area contributed by atoms with Gasteiger partial charge in [0.1, 0.15) is 17.9 Å². The third-order valence-electron chi connectivity index (χ3n) is 2.65. The summed E-state index contributed by atoms with van der Waals surface area (Å²) in [6.45, 7) is 2.47. The molecular weight excluding hydrogens is 188 g/mol. The highest BCUT2D eigenvalue weighted by Crippen LogP contribution is 2.28. The van der Waals surface area contributed by atoms with E-state index in [0.717, 1.165) is 29.7 Å². The molecule has 76 valence electrons. The van der Waals surface area contributed by atoms with Crippen LogP contribution in [0.4, 0.5) is 0 Å². The average molecular weight is 200 g/mol. The van der Waals surface area contributed by atoms with E-state index in [1.807, 2.05) is 12.3 Å². The molecule has 0 bridgehead atoms. The molecule has 1 aromatic heterocycles. The zero-order chi connectivity index (χ0) is 10.1. The minimum absolute atomic E-state index is 0.711. The van der Waals surface area contributed by atoms with Crippen LogP contribution in [0.1, 0.15) is 5.56 Å². The van der Waals surface area contributed by atoms with Crippen molar-refractivity contribution in [3.8, 4) is 5.75 Å². The summed E-state index contributed by atoms with van der Waals surface area (Å²) in [5.41, 5.74) is 2.16. The van der Waals surface area contributed by atoms with Gasteiger partial charge in [-0.1, -0.05) is 18.2 Å². The molecule has 1 N–H and O–H groups in total. The van der Waals surface area contributed by atoms with Crippen molar-refractivity contribution in [3.05, 3.63) is 36.0 Å². The maximum absolute atomic E-state index is 5.74. The van der Waals surface area contributed by atoms with E-state index in [0.29, 0.717) is 6.61 Å². The first-order valence-corrected chi connectivity index (χ1v) is 5.15. The summed E-state index contributed by atoms with van der Waals surface area (Å²) in [6.07, 6.45) is 1.81. The lowest BCUT2D eigenvalue weighted by Crippen LogP contribution is -2.16. The number of aromatic nitrogens is 1. The number of fused-ring (bicyclic) bond motifs is 3. The molecule has 2 aromatic rings. The van der Waals surface area contributed by atoms with Crippen LogP contribution in [0.5, 0.6) is 5.75 Å². The molecule has 1 aliphatic rings. The van der Waals surface area contributed by atoms with Gasteiger partial charge in [0, 0.05) is 30.2 Å². The first-order valence-electron chi connectivity index (χ1n) is 5.15. The third kappa shape index (κ3) is 1.45. The van der Waals surface area contributed by atoms with Gasteiger partial charge in [-0.15, -0.1) is 0 Å². The Hall–Kier alpha value is -1.61. The highest BCUT2D eigenvalue weighted by molar-refractivity contribution is 5.85. The van der Waals surface area contributed by atoms with E-state index < -0.39 is 0 Å². The second kappa shape index (κ2) is 3.51. The van der Waals surface area contributed by atoms with Gasteiger partial charge >= 0.3 is 0 Å². The van der Waals surface area contributed by atoms with Gasteiger partial charge in [-0.05, 0) is 6.07 Å². The molecule has 0 saturated carbocycles. The molecule has 15 heavy (non-hydrogen) atoms. The Morgan fingerprint density at radius 3 is 3.27 bits per heavy atom. The maximum atomic E-state index is 5.74. The molecular formula is C12H12N2O. The van der Waals surface area contributed by atoms with Crippen LogP contribution in [0, 0.1) is 0 Å². The minimum atomic E-state index is 0.711. The molecule has 1 aromatic carbocycles. The summed E-state index contributed by atoms with van der Waals surface area (Å²) in [4.78, 5) is 4.38. The molecule has 0 radical (unpaired) electrons. The standard InChI is InChI=1S/C12H12N2O/c1-2-9-3-4-10-8-13-6-7-15-12(10)11(9)14-5-1/h1-5,13H,6-8H2. The zero-order valence-electron chi connectivity index (χ0n) is 8.36. The quantitative estimate of drug-likeness (QED) is 0.703. The molecule has 3 heteroatoms. The van der Waals surface area contributed by atoms with E-state index in [9.17, 15) is 0 Å². The van der Waals surface area contributed by atoms with Crippen molar-refractivity contribution < 1.29 is 4.74 Å². The first kappa shape index (κ1) is 8.68. The van der Waals surface area contributed by atoms with Crippen molar-refractivity contribution >= 4 is 10.9 Å². The van der Waals surface area contributed by atoms with E-state index in [-0.39, 0.29) is 0 Å². The fourth-order valence-electron chi connectivity index (χ4n) is 1.91. The predicted molar refractivity (Wildman–Crippen MR) is 58.9 cm³/mol. The number of pyridine rings is 1. The van der Waals surface area contributed by atoms with E-state index >= 15 is 0 Å². The molecule has 0 spiro atoms. The van der Waals surface area contributed by atoms with Crippen molar-refractivity contribution in [2.45, 2.75) is 6.54 Å². The molecule has 0 fully saturated rings.